The average molecular weight is 375 g/mol. The van der Waals surface area contributed by atoms with Crippen molar-refractivity contribution in [3.63, 3.8) is 0 Å². The molecule has 2 aromatic heterocycles. The monoisotopic (exact) mass is 375 g/mol. The zero-order valence-corrected chi connectivity index (χ0v) is 16.4. The van der Waals surface area contributed by atoms with Crippen molar-refractivity contribution in [1.29, 1.82) is 0 Å². The number of benzene rings is 1. The summed E-state index contributed by atoms with van der Waals surface area (Å²) in [6.45, 7) is 1.42. The number of aromatic nitrogens is 4. The van der Waals surface area contributed by atoms with Crippen LogP contribution in [0.15, 0.2) is 36.4 Å². The zero-order chi connectivity index (χ0) is 19.3. The third kappa shape index (κ3) is 2.93. The number of fused-ring (bicyclic) bond motifs is 1. The van der Waals surface area contributed by atoms with Crippen molar-refractivity contribution < 1.29 is 4.79 Å². The molecule has 1 saturated carbocycles. The van der Waals surface area contributed by atoms with Crippen LogP contribution in [0.25, 0.3) is 11.3 Å². The molecule has 6 nitrogen and oxygen atoms in total. The molecule has 1 aliphatic heterocycles. The van der Waals surface area contributed by atoms with Gasteiger partial charge in [-0.3, -0.25) is 14.2 Å². The molecule has 1 fully saturated rings. The van der Waals surface area contributed by atoms with E-state index in [2.05, 4.69) is 17.2 Å². The van der Waals surface area contributed by atoms with Crippen LogP contribution in [0.4, 0.5) is 0 Å². The summed E-state index contributed by atoms with van der Waals surface area (Å²) in [4.78, 5) is 15.2. The van der Waals surface area contributed by atoms with E-state index in [9.17, 15) is 4.79 Å². The van der Waals surface area contributed by atoms with Crippen molar-refractivity contribution in [3.05, 3.63) is 59.0 Å². The quantitative estimate of drug-likeness (QED) is 0.707. The molecule has 144 valence electrons. The molecule has 3 aromatic rings. The van der Waals surface area contributed by atoms with Crippen molar-refractivity contribution in [2.45, 2.75) is 31.6 Å². The third-order valence-corrected chi connectivity index (χ3v) is 5.97. The number of rotatable bonds is 3. The normalized spacial score (nSPS) is 16.7. The maximum absolute atomic E-state index is 13.2. The molecule has 0 spiro atoms. The summed E-state index contributed by atoms with van der Waals surface area (Å²) in [6, 6.07) is 12.3. The highest BCUT2D eigenvalue weighted by atomic mass is 16.2. The number of hydrogen-bond donors (Lipinski definition) is 0. The molecule has 1 aliphatic carbocycles. The summed E-state index contributed by atoms with van der Waals surface area (Å²) < 4.78 is 3.74. The van der Waals surface area contributed by atoms with Crippen LogP contribution in [-0.4, -0.2) is 43.5 Å². The highest BCUT2D eigenvalue weighted by molar-refractivity contribution is 5.93. The maximum Gasteiger partial charge on any atom is 0.272 e. The molecule has 3 heterocycles. The topological polar surface area (TPSA) is 56.0 Å². The molecule has 0 radical (unpaired) electrons. The lowest BCUT2D eigenvalue weighted by molar-refractivity contribution is 0.0751. The fourth-order valence-corrected chi connectivity index (χ4v) is 4.24. The van der Waals surface area contributed by atoms with Crippen LogP contribution in [0.5, 0.6) is 0 Å². The predicted octanol–water partition coefficient (Wildman–Crippen LogP) is 2.94. The van der Waals surface area contributed by atoms with Crippen LogP contribution < -0.4 is 0 Å². The minimum atomic E-state index is 0.0870. The first-order valence-electron chi connectivity index (χ1n) is 10.0. The lowest BCUT2D eigenvalue weighted by Crippen LogP contribution is -2.34. The summed E-state index contributed by atoms with van der Waals surface area (Å²) >= 11 is 0. The van der Waals surface area contributed by atoms with Gasteiger partial charge in [-0.15, -0.1) is 0 Å². The first kappa shape index (κ1) is 17.2. The Morgan fingerprint density at radius 3 is 2.50 bits per heavy atom. The molecule has 28 heavy (non-hydrogen) atoms. The summed E-state index contributed by atoms with van der Waals surface area (Å²) in [5.74, 6) is 0.643. The predicted molar refractivity (Wildman–Crippen MR) is 107 cm³/mol. The van der Waals surface area contributed by atoms with Gasteiger partial charge in [-0.05, 0) is 25.3 Å². The van der Waals surface area contributed by atoms with Gasteiger partial charge in [0.05, 0.1) is 11.4 Å². The molecule has 1 aromatic carbocycles. The highest BCUT2D eigenvalue weighted by Gasteiger charge is 2.30. The molecule has 0 unspecified atom stereocenters. The molecular formula is C22H25N5O. The second kappa shape index (κ2) is 6.62. The second-order valence-electron chi connectivity index (χ2n) is 7.91. The minimum Gasteiger partial charge on any atom is -0.337 e. The van der Waals surface area contributed by atoms with Crippen LogP contribution >= 0.6 is 0 Å². The van der Waals surface area contributed by atoms with Gasteiger partial charge in [0.15, 0.2) is 0 Å². The van der Waals surface area contributed by atoms with Crippen LogP contribution in [0.2, 0.25) is 0 Å². The van der Waals surface area contributed by atoms with E-state index in [1.54, 1.807) is 4.68 Å². The van der Waals surface area contributed by atoms with Gasteiger partial charge in [0, 0.05) is 56.3 Å². The number of aryl methyl sites for hydroxylation is 2. The Kier molecular flexibility index (Phi) is 4.07. The third-order valence-electron chi connectivity index (χ3n) is 5.97. The molecule has 1 amide bonds. The second-order valence-corrected chi connectivity index (χ2v) is 7.91. The molecule has 6 heteroatoms. The molecule has 0 atom stereocenters. The van der Waals surface area contributed by atoms with Gasteiger partial charge in [-0.1, -0.05) is 30.3 Å². The smallest absolute Gasteiger partial charge is 0.272 e. The Bertz CT molecular complexity index is 1030. The lowest BCUT2D eigenvalue weighted by atomic mass is 10.0. The average Bonchev–Trinajstić information content (AvgIpc) is 3.46. The first-order chi connectivity index (χ1) is 13.6. The molecular weight excluding hydrogens is 350 g/mol. The fourth-order valence-electron chi connectivity index (χ4n) is 4.24. The van der Waals surface area contributed by atoms with E-state index in [4.69, 9.17) is 5.10 Å². The van der Waals surface area contributed by atoms with Gasteiger partial charge in [-0.25, -0.2) is 0 Å². The fraction of sp³-hybridized carbons (Fsp3) is 0.409. The van der Waals surface area contributed by atoms with Gasteiger partial charge < -0.3 is 4.90 Å². The van der Waals surface area contributed by atoms with Gasteiger partial charge >= 0.3 is 0 Å². The van der Waals surface area contributed by atoms with Crippen molar-refractivity contribution in [3.8, 4) is 11.3 Å². The minimum absolute atomic E-state index is 0.0870. The van der Waals surface area contributed by atoms with E-state index in [1.807, 2.05) is 47.9 Å². The van der Waals surface area contributed by atoms with E-state index in [0.29, 0.717) is 24.7 Å². The van der Waals surface area contributed by atoms with Gasteiger partial charge in [-0.2, -0.15) is 10.2 Å². The van der Waals surface area contributed by atoms with E-state index < -0.39 is 0 Å². The summed E-state index contributed by atoms with van der Waals surface area (Å²) in [5.41, 5.74) is 6.46. The Balaban J connectivity index is 1.40. The molecule has 0 saturated heterocycles. The van der Waals surface area contributed by atoms with Gasteiger partial charge in [0.1, 0.15) is 5.69 Å². The van der Waals surface area contributed by atoms with Crippen molar-refractivity contribution in [1.82, 2.24) is 24.5 Å². The van der Waals surface area contributed by atoms with Crippen LogP contribution in [-0.2, 0) is 26.9 Å². The number of carbonyl (C=O) groups excluding carboxylic acids is 1. The van der Waals surface area contributed by atoms with Crippen molar-refractivity contribution in [2.24, 2.45) is 14.1 Å². The van der Waals surface area contributed by atoms with Gasteiger partial charge in [0.2, 0.25) is 0 Å². The van der Waals surface area contributed by atoms with Gasteiger partial charge in [0.25, 0.3) is 5.91 Å². The Morgan fingerprint density at radius 1 is 1.00 bits per heavy atom. The first-order valence-corrected chi connectivity index (χ1v) is 10.0. The van der Waals surface area contributed by atoms with Crippen LogP contribution in [0.1, 0.15) is 46.2 Å². The summed E-state index contributed by atoms with van der Waals surface area (Å²) in [7, 11) is 3.88. The highest BCUT2D eigenvalue weighted by Crippen LogP contribution is 2.39. The maximum atomic E-state index is 13.2. The molecule has 2 aliphatic rings. The standard InChI is InChI=1S/C22H25N5O/c1-25-19-11-13-27(22(28)20-14-18(15-8-9-15)23-26(20)2)12-10-17(19)21(24-25)16-6-4-3-5-7-16/h3-7,14-15H,8-13H2,1-2H3. The summed E-state index contributed by atoms with van der Waals surface area (Å²) in [5, 5.41) is 9.34. The SMILES string of the molecule is Cn1nc(C2CC2)cc1C(=O)N1CCc2c(-c3ccccc3)nn(C)c2CC1. The Morgan fingerprint density at radius 2 is 1.75 bits per heavy atom. The van der Waals surface area contributed by atoms with E-state index >= 15 is 0 Å². The van der Waals surface area contributed by atoms with Crippen LogP contribution in [0.3, 0.4) is 0 Å². The number of nitrogens with zero attached hydrogens (tertiary/aromatic N) is 5. The van der Waals surface area contributed by atoms with Crippen LogP contribution in [0, 0.1) is 0 Å². The number of hydrogen-bond acceptors (Lipinski definition) is 3. The van der Waals surface area contributed by atoms with E-state index in [0.717, 1.165) is 29.8 Å². The Labute approximate surface area is 164 Å². The van der Waals surface area contributed by atoms with E-state index in [-0.39, 0.29) is 5.91 Å². The molecule has 0 N–H and O–H groups in total. The molecule has 5 rings (SSSR count). The number of amides is 1. The molecule has 0 bridgehead atoms. The lowest BCUT2D eigenvalue weighted by Gasteiger charge is -2.20. The Hall–Kier alpha value is -2.89. The van der Waals surface area contributed by atoms with E-state index in [1.165, 1.54) is 24.1 Å². The largest absolute Gasteiger partial charge is 0.337 e. The zero-order valence-electron chi connectivity index (χ0n) is 16.4. The number of carbonyl (C=O) groups is 1. The van der Waals surface area contributed by atoms with Crippen molar-refractivity contribution >= 4 is 5.91 Å². The van der Waals surface area contributed by atoms with Crippen molar-refractivity contribution in [2.75, 3.05) is 13.1 Å². The summed E-state index contributed by atoms with van der Waals surface area (Å²) in [6.07, 6.45) is 4.04.